The Morgan fingerprint density at radius 2 is 1.35 bits per heavy atom. The second kappa shape index (κ2) is 3.10. The molecule has 3 aromatic rings. The Morgan fingerprint density at radius 3 is 2.18 bits per heavy atom. The molecule has 2 aliphatic rings. The lowest BCUT2D eigenvalue weighted by Gasteiger charge is -2.23. The van der Waals surface area contributed by atoms with E-state index < -0.39 is 0 Å². The predicted octanol–water partition coefficient (Wildman–Crippen LogP) is 4.40. The van der Waals surface area contributed by atoms with E-state index in [1.807, 2.05) is 0 Å². The molecule has 0 unspecified atom stereocenters. The van der Waals surface area contributed by atoms with E-state index in [2.05, 4.69) is 49.4 Å². The van der Waals surface area contributed by atoms with Crippen molar-refractivity contribution < 1.29 is 0 Å². The van der Waals surface area contributed by atoms with Crippen LogP contribution in [0.5, 0.6) is 0 Å². The molecule has 0 saturated heterocycles. The summed E-state index contributed by atoms with van der Waals surface area (Å²) in [6.45, 7) is 2.23. The molecule has 0 amide bonds. The van der Waals surface area contributed by atoms with Gasteiger partial charge in [-0.05, 0) is 58.0 Å². The van der Waals surface area contributed by atoms with Gasteiger partial charge >= 0.3 is 0 Å². The molecule has 0 fully saturated rings. The first kappa shape index (κ1) is 9.23. The second-order valence-corrected chi connectivity index (χ2v) is 5.00. The van der Waals surface area contributed by atoms with Crippen LogP contribution < -0.4 is 0 Å². The molecule has 0 saturated carbocycles. The minimum absolute atomic E-state index is 1.21. The molecule has 2 bridgehead atoms. The molecule has 3 aromatic carbocycles. The first-order chi connectivity index (χ1) is 8.36. The number of rotatable bonds is 0. The normalized spacial score (nSPS) is 13.7. The molecule has 2 aliphatic carbocycles. The van der Waals surface area contributed by atoms with Crippen LogP contribution in [0.25, 0.3) is 21.5 Å². The summed E-state index contributed by atoms with van der Waals surface area (Å²) >= 11 is 0. The molecule has 0 radical (unpaired) electrons. The number of hydrogen-bond acceptors (Lipinski definition) is 0. The van der Waals surface area contributed by atoms with Crippen molar-refractivity contribution in [2.45, 2.75) is 19.8 Å². The standard InChI is InChI=1S/C17H14/c1-11-5-4-8-15-14-9-10-16(17(11)15)13-7-3-2-6-12(13)14/h2-8H,9-10H2,1H3. The molecule has 0 aliphatic heterocycles. The van der Waals surface area contributed by atoms with Gasteiger partial charge in [0.05, 0.1) is 0 Å². The Kier molecular flexibility index (Phi) is 1.69. The quantitative estimate of drug-likeness (QED) is 0.491. The van der Waals surface area contributed by atoms with Crippen LogP contribution in [-0.4, -0.2) is 0 Å². The summed E-state index contributed by atoms with van der Waals surface area (Å²) in [5.41, 5.74) is 4.53. The molecule has 17 heavy (non-hydrogen) atoms. The monoisotopic (exact) mass is 218 g/mol. The van der Waals surface area contributed by atoms with E-state index in [1.165, 1.54) is 39.9 Å². The van der Waals surface area contributed by atoms with Crippen molar-refractivity contribution >= 4 is 21.5 Å². The van der Waals surface area contributed by atoms with Gasteiger partial charge in [-0.3, -0.25) is 0 Å². The van der Waals surface area contributed by atoms with Gasteiger partial charge in [0.2, 0.25) is 0 Å². The smallest absolute Gasteiger partial charge is 0.0113 e. The lowest BCUT2D eigenvalue weighted by Crippen LogP contribution is -2.06. The molecule has 0 heteroatoms. The molecule has 0 aromatic heterocycles. The number of benzene rings is 3. The van der Waals surface area contributed by atoms with Crippen molar-refractivity contribution in [3.05, 3.63) is 59.2 Å². The van der Waals surface area contributed by atoms with Gasteiger partial charge in [-0.2, -0.15) is 0 Å². The molecular weight excluding hydrogens is 204 g/mol. The van der Waals surface area contributed by atoms with Crippen LogP contribution in [0.15, 0.2) is 42.5 Å². The Hall–Kier alpha value is -1.82. The summed E-state index contributed by atoms with van der Waals surface area (Å²) in [7, 11) is 0. The topological polar surface area (TPSA) is 0 Å². The van der Waals surface area contributed by atoms with Crippen molar-refractivity contribution in [1.29, 1.82) is 0 Å². The van der Waals surface area contributed by atoms with E-state index in [0.717, 1.165) is 0 Å². The largest absolute Gasteiger partial charge is 0.0616 e. The minimum atomic E-state index is 1.21. The summed E-state index contributed by atoms with van der Waals surface area (Å²) in [6, 6.07) is 15.6. The minimum Gasteiger partial charge on any atom is -0.0616 e. The van der Waals surface area contributed by atoms with Gasteiger partial charge in [0.1, 0.15) is 0 Å². The molecule has 0 heterocycles. The summed E-state index contributed by atoms with van der Waals surface area (Å²) in [5.74, 6) is 0. The van der Waals surface area contributed by atoms with Gasteiger partial charge in [0.25, 0.3) is 0 Å². The number of fused-ring (bicyclic) bond motifs is 1. The van der Waals surface area contributed by atoms with E-state index in [9.17, 15) is 0 Å². The Balaban J connectivity index is 2.39. The number of aryl methyl sites for hydroxylation is 3. The summed E-state index contributed by atoms with van der Waals surface area (Å²) in [4.78, 5) is 0. The van der Waals surface area contributed by atoms with Crippen LogP contribution in [0.2, 0.25) is 0 Å². The van der Waals surface area contributed by atoms with Gasteiger partial charge < -0.3 is 0 Å². The summed E-state index contributed by atoms with van der Waals surface area (Å²) in [6.07, 6.45) is 2.42. The summed E-state index contributed by atoms with van der Waals surface area (Å²) in [5, 5.41) is 5.92. The van der Waals surface area contributed by atoms with Crippen LogP contribution in [0.4, 0.5) is 0 Å². The Bertz CT molecular complexity index is 751. The zero-order valence-electron chi connectivity index (χ0n) is 9.96. The van der Waals surface area contributed by atoms with Crippen molar-refractivity contribution in [3.63, 3.8) is 0 Å². The zero-order chi connectivity index (χ0) is 11.4. The first-order valence-electron chi connectivity index (χ1n) is 6.28. The molecular formula is C17H14. The molecule has 0 spiro atoms. The highest BCUT2D eigenvalue weighted by Gasteiger charge is 2.19. The lowest BCUT2D eigenvalue weighted by molar-refractivity contribution is 0.971. The van der Waals surface area contributed by atoms with Gasteiger partial charge in [-0.15, -0.1) is 0 Å². The molecule has 5 rings (SSSR count). The fourth-order valence-electron chi connectivity index (χ4n) is 3.39. The molecule has 82 valence electrons. The lowest BCUT2D eigenvalue weighted by atomic mass is 9.81. The van der Waals surface area contributed by atoms with E-state index in [0.29, 0.717) is 0 Å². The SMILES string of the molecule is Cc1cccc2c3c4ccccc4c(c12)CC3. The van der Waals surface area contributed by atoms with Gasteiger partial charge in [-0.1, -0.05) is 42.5 Å². The Labute approximate surface area is 101 Å². The van der Waals surface area contributed by atoms with Crippen LogP contribution >= 0.6 is 0 Å². The van der Waals surface area contributed by atoms with E-state index in [4.69, 9.17) is 0 Å². The van der Waals surface area contributed by atoms with Crippen molar-refractivity contribution in [1.82, 2.24) is 0 Å². The van der Waals surface area contributed by atoms with Gasteiger partial charge in [-0.25, -0.2) is 0 Å². The highest BCUT2D eigenvalue weighted by Crippen LogP contribution is 2.39. The molecule has 0 N–H and O–H groups in total. The number of hydrogen-bond donors (Lipinski definition) is 0. The van der Waals surface area contributed by atoms with Crippen molar-refractivity contribution in [2.75, 3.05) is 0 Å². The van der Waals surface area contributed by atoms with E-state index in [1.54, 1.807) is 11.1 Å². The third kappa shape index (κ3) is 1.08. The van der Waals surface area contributed by atoms with Gasteiger partial charge in [0.15, 0.2) is 0 Å². The highest BCUT2D eigenvalue weighted by atomic mass is 14.2. The van der Waals surface area contributed by atoms with Gasteiger partial charge in [0, 0.05) is 0 Å². The molecule has 0 atom stereocenters. The van der Waals surface area contributed by atoms with Crippen molar-refractivity contribution in [2.24, 2.45) is 0 Å². The highest BCUT2D eigenvalue weighted by molar-refractivity contribution is 6.08. The maximum absolute atomic E-state index is 2.28. The van der Waals surface area contributed by atoms with Crippen molar-refractivity contribution in [3.8, 4) is 0 Å². The fourth-order valence-corrected chi connectivity index (χ4v) is 3.39. The molecule has 0 nitrogen and oxygen atoms in total. The third-order valence-electron chi connectivity index (χ3n) is 4.10. The van der Waals surface area contributed by atoms with E-state index in [-0.39, 0.29) is 0 Å². The Morgan fingerprint density at radius 1 is 0.706 bits per heavy atom. The maximum atomic E-state index is 2.28. The van der Waals surface area contributed by atoms with Crippen LogP contribution in [0.1, 0.15) is 16.7 Å². The summed E-state index contributed by atoms with van der Waals surface area (Å²) < 4.78 is 0. The third-order valence-corrected chi connectivity index (χ3v) is 4.10. The fraction of sp³-hybridized carbons (Fsp3) is 0.176. The van der Waals surface area contributed by atoms with Crippen LogP contribution in [0, 0.1) is 6.92 Å². The predicted molar refractivity (Wildman–Crippen MR) is 73.6 cm³/mol. The zero-order valence-corrected chi connectivity index (χ0v) is 9.96. The van der Waals surface area contributed by atoms with E-state index >= 15 is 0 Å². The maximum Gasteiger partial charge on any atom is -0.0113 e. The second-order valence-electron chi connectivity index (χ2n) is 5.00. The average molecular weight is 218 g/mol. The first-order valence-corrected chi connectivity index (χ1v) is 6.28. The average Bonchev–Trinajstić information content (AvgIpc) is 2.40. The van der Waals surface area contributed by atoms with Crippen LogP contribution in [-0.2, 0) is 12.8 Å². The van der Waals surface area contributed by atoms with Crippen LogP contribution in [0.3, 0.4) is 0 Å².